The van der Waals surface area contributed by atoms with E-state index in [1.54, 1.807) is 11.9 Å². The molecule has 26 heavy (non-hydrogen) atoms. The highest BCUT2D eigenvalue weighted by atomic mass is 16.6. The lowest BCUT2D eigenvalue weighted by Gasteiger charge is -2.37. The quantitative estimate of drug-likeness (QED) is 0.882. The molecule has 1 N–H and O–H groups in total. The number of rotatable bonds is 2. The number of hydrogen-bond acceptors (Lipinski definition) is 4. The first-order chi connectivity index (χ1) is 12.6. The number of piperidine rings is 2. The zero-order valence-corrected chi connectivity index (χ0v) is 15.4. The van der Waals surface area contributed by atoms with E-state index >= 15 is 0 Å². The number of ether oxygens (including phenoxy) is 1. The van der Waals surface area contributed by atoms with Gasteiger partial charge in [-0.2, -0.15) is 0 Å². The SMILES string of the molecule is CN1CC2(CCN(C(=O)c3cccc([C@H]4CCCNC4)c3)CC2)OC1=O. The van der Waals surface area contributed by atoms with Gasteiger partial charge in [-0.1, -0.05) is 12.1 Å². The fraction of sp³-hybridized carbons (Fsp3) is 0.600. The molecule has 3 aliphatic heterocycles. The maximum atomic E-state index is 13.0. The van der Waals surface area contributed by atoms with Crippen LogP contribution in [0.5, 0.6) is 0 Å². The Morgan fingerprint density at radius 1 is 1.31 bits per heavy atom. The maximum Gasteiger partial charge on any atom is 0.410 e. The number of nitrogens with one attached hydrogen (secondary N) is 1. The number of likely N-dealkylation sites (N-methyl/N-ethyl adjacent to an activating group) is 1. The second-order valence-corrected chi connectivity index (χ2v) is 7.87. The second-order valence-electron chi connectivity index (χ2n) is 7.87. The van der Waals surface area contributed by atoms with E-state index in [1.807, 2.05) is 17.0 Å². The fourth-order valence-electron chi connectivity index (χ4n) is 4.41. The van der Waals surface area contributed by atoms with E-state index < -0.39 is 5.60 Å². The van der Waals surface area contributed by atoms with E-state index in [0.29, 0.717) is 38.4 Å². The number of nitrogens with zero attached hydrogens (tertiary/aromatic N) is 2. The van der Waals surface area contributed by atoms with Crippen LogP contribution in [-0.2, 0) is 4.74 Å². The van der Waals surface area contributed by atoms with Gasteiger partial charge in [-0.05, 0) is 43.0 Å². The minimum atomic E-state index is -0.405. The topological polar surface area (TPSA) is 61.9 Å². The molecule has 1 aromatic carbocycles. The van der Waals surface area contributed by atoms with Crippen LogP contribution in [0, 0.1) is 0 Å². The molecule has 0 aromatic heterocycles. The Balaban J connectivity index is 1.41. The minimum absolute atomic E-state index is 0.0862. The molecule has 6 heteroatoms. The predicted molar refractivity (Wildman–Crippen MR) is 98.3 cm³/mol. The van der Waals surface area contributed by atoms with Crippen molar-refractivity contribution < 1.29 is 14.3 Å². The number of likely N-dealkylation sites (tertiary alicyclic amines) is 1. The predicted octanol–water partition coefficient (Wildman–Crippen LogP) is 2.21. The van der Waals surface area contributed by atoms with E-state index in [-0.39, 0.29) is 12.0 Å². The van der Waals surface area contributed by atoms with Crippen molar-refractivity contribution in [3.63, 3.8) is 0 Å². The summed E-state index contributed by atoms with van der Waals surface area (Å²) >= 11 is 0. The first kappa shape index (κ1) is 17.3. The van der Waals surface area contributed by atoms with Crippen molar-refractivity contribution >= 4 is 12.0 Å². The van der Waals surface area contributed by atoms with Crippen LogP contribution >= 0.6 is 0 Å². The summed E-state index contributed by atoms with van der Waals surface area (Å²) in [6.07, 6.45) is 3.53. The standard InChI is InChI=1S/C20H27N3O3/c1-22-14-20(26-19(22)25)7-10-23(11-8-20)18(24)16-5-2-4-15(12-16)17-6-3-9-21-13-17/h2,4-5,12,17,21H,3,6-11,13-14H2,1H3/t17-/m0/s1. The van der Waals surface area contributed by atoms with Crippen molar-refractivity contribution in [3.8, 4) is 0 Å². The molecule has 0 unspecified atom stereocenters. The molecule has 6 nitrogen and oxygen atoms in total. The summed E-state index contributed by atoms with van der Waals surface area (Å²) in [6, 6.07) is 8.10. The van der Waals surface area contributed by atoms with E-state index in [1.165, 1.54) is 18.4 Å². The highest BCUT2D eigenvalue weighted by Gasteiger charge is 2.46. The van der Waals surface area contributed by atoms with Crippen molar-refractivity contribution in [1.82, 2.24) is 15.1 Å². The van der Waals surface area contributed by atoms with Crippen molar-refractivity contribution in [1.29, 1.82) is 0 Å². The van der Waals surface area contributed by atoms with Crippen LogP contribution in [0.25, 0.3) is 0 Å². The number of carbonyl (C=O) groups is 2. The number of hydrogen-bond donors (Lipinski definition) is 1. The zero-order chi connectivity index (χ0) is 18.1. The fourth-order valence-corrected chi connectivity index (χ4v) is 4.41. The molecular formula is C20H27N3O3. The van der Waals surface area contributed by atoms with Crippen molar-refractivity contribution in [3.05, 3.63) is 35.4 Å². The lowest BCUT2D eigenvalue weighted by atomic mass is 9.89. The second kappa shape index (κ2) is 6.91. The first-order valence-electron chi connectivity index (χ1n) is 9.60. The van der Waals surface area contributed by atoms with Crippen molar-refractivity contribution in [2.75, 3.05) is 39.8 Å². The summed E-state index contributed by atoms with van der Waals surface area (Å²) in [7, 11) is 1.76. The third-order valence-electron chi connectivity index (χ3n) is 6.00. The molecule has 0 bridgehead atoms. The highest BCUT2D eigenvalue weighted by molar-refractivity contribution is 5.94. The Morgan fingerprint density at radius 2 is 2.12 bits per heavy atom. The summed E-state index contributed by atoms with van der Waals surface area (Å²) in [5, 5.41) is 3.44. The summed E-state index contributed by atoms with van der Waals surface area (Å²) < 4.78 is 5.58. The Bertz CT molecular complexity index is 691. The molecule has 0 saturated carbocycles. The Kier molecular flexibility index (Phi) is 4.61. The average molecular weight is 357 g/mol. The largest absolute Gasteiger partial charge is 0.441 e. The number of amides is 2. The summed E-state index contributed by atoms with van der Waals surface area (Å²) in [6.45, 7) is 3.97. The van der Waals surface area contributed by atoms with Gasteiger partial charge < -0.3 is 19.9 Å². The van der Waals surface area contributed by atoms with Gasteiger partial charge in [0.1, 0.15) is 5.60 Å². The summed E-state index contributed by atoms with van der Waals surface area (Å²) in [5.41, 5.74) is 1.62. The van der Waals surface area contributed by atoms with Gasteiger partial charge in [0.15, 0.2) is 0 Å². The maximum absolute atomic E-state index is 13.0. The zero-order valence-electron chi connectivity index (χ0n) is 15.4. The molecule has 3 saturated heterocycles. The van der Waals surface area contributed by atoms with Gasteiger partial charge in [0.2, 0.25) is 0 Å². The summed E-state index contributed by atoms with van der Waals surface area (Å²) in [5.74, 6) is 0.581. The van der Waals surface area contributed by atoms with Gasteiger partial charge in [0, 0.05) is 45.1 Å². The molecule has 140 valence electrons. The number of carbonyl (C=O) groups excluding carboxylic acids is 2. The van der Waals surface area contributed by atoms with E-state index in [0.717, 1.165) is 18.7 Å². The lowest BCUT2D eigenvalue weighted by molar-refractivity contribution is 0.00317. The highest BCUT2D eigenvalue weighted by Crippen LogP contribution is 2.33. The van der Waals surface area contributed by atoms with Gasteiger partial charge in [0.25, 0.3) is 5.91 Å². The lowest BCUT2D eigenvalue weighted by Crippen LogP contribution is -2.48. The van der Waals surface area contributed by atoms with Gasteiger partial charge in [-0.15, -0.1) is 0 Å². The van der Waals surface area contributed by atoms with E-state index in [2.05, 4.69) is 17.4 Å². The van der Waals surface area contributed by atoms with Crippen LogP contribution in [0.2, 0.25) is 0 Å². The molecule has 3 heterocycles. The Morgan fingerprint density at radius 3 is 2.77 bits per heavy atom. The van der Waals surface area contributed by atoms with Crippen LogP contribution in [0.3, 0.4) is 0 Å². The van der Waals surface area contributed by atoms with Gasteiger partial charge in [-0.25, -0.2) is 4.79 Å². The van der Waals surface area contributed by atoms with E-state index in [9.17, 15) is 9.59 Å². The molecular weight excluding hydrogens is 330 g/mol. The summed E-state index contributed by atoms with van der Waals surface area (Å²) in [4.78, 5) is 28.2. The van der Waals surface area contributed by atoms with Crippen LogP contribution in [-0.4, -0.2) is 67.2 Å². The van der Waals surface area contributed by atoms with Crippen LogP contribution < -0.4 is 5.32 Å². The molecule has 3 aliphatic rings. The molecule has 0 radical (unpaired) electrons. The average Bonchev–Trinajstić information content (AvgIpc) is 2.96. The minimum Gasteiger partial charge on any atom is -0.441 e. The molecule has 0 aliphatic carbocycles. The molecule has 1 atom stereocenters. The molecule has 1 aromatic rings. The van der Waals surface area contributed by atoms with Crippen LogP contribution in [0.4, 0.5) is 4.79 Å². The third-order valence-corrected chi connectivity index (χ3v) is 6.00. The monoisotopic (exact) mass is 357 g/mol. The molecule has 3 fully saturated rings. The van der Waals surface area contributed by atoms with Crippen molar-refractivity contribution in [2.24, 2.45) is 0 Å². The third kappa shape index (κ3) is 3.30. The molecule has 2 amide bonds. The van der Waals surface area contributed by atoms with Gasteiger partial charge in [0.05, 0.1) is 6.54 Å². The first-order valence-corrected chi connectivity index (χ1v) is 9.60. The van der Waals surface area contributed by atoms with Crippen LogP contribution in [0.1, 0.15) is 47.5 Å². The normalized spacial score (nSPS) is 25.4. The molecule has 4 rings (SSSR count). The van der Waals surface area contributed by atoms with Crippen LogP contribution in [0.15, 0.2) is 24.3 Å². The Labute approximate surface area is 154 Å². The van der Waals surface area contributed by atoms with Gasteiger partial charge in [-0.3, -0.25) is 4.79 Å². The number of benzene rings is 1. The smallest absolute Gasteiger partial charge is 0.410 e. The molecule has 1 spiro atoms. The Hall–Kier alpha value is -2.08. The van der Waals surface area contributed by atoms with Gasteiger partial charge >= 0.3 is 6.09 Å². The van der Waals surface area contributed by atoms with Crippen molar-refractivity contribution in [2.45, 2.75) is 37.2 Å². The van der Waals surface area contributed by atoms with E-state index in [4.69, 9.17) is 4.74 Å².